The summed E-state index contributed by atoms with van der Waals surface area (Å²) in [6.07, 6.45) is 1.25. The summed E-state index contributed by atoms with van der Waals surface area (Å²) in [6, 6.07) is 7.31. The first-order valence-corrected chi connectivity index (χ1v) is 6.95. The van der Waals surface area contributed by atoms with Gasteiger partial charge in [-0.2, -0.15) is 11.3 Å². The van der Waals surface area contributed by atoms with Gasteiger partial charge in [0.15, 0.2) is 5.78 Å². The van der Waals surface area contributed by atoms with Crippen molar-refractivity contribution in [3.63, 3.8) is 0 Å². The van der Waals surface area contributed by atoms with Crippen LogP contribution in [0.2, 0.25) is 0 Å². The standard InChI is InChI=1S/C15H16O3S/c1-17-12-4-5-13(15(9-12)18-2)14(16)6-3-11-7-8-19-10-11/h4-5,7-10H,3,6H2,1-2H3. The molecule has 0 unspecified atom stereocenters. The van der Waals surface area contributed by atoms with Crippen molar-refractivity contribution in [1.82, 2.24) is 0 Å². The second-order valence-corrected chi connectivity index (χ2v) is 4.90. The van der Waals surface area contributed by atoms with Crippen molar-refractivity contribution in [1.29, 1.82) is 0 Å². The van der Waals surface area contributed by atoms with Gasteiger partial charge >= 0.3 is 0 Å². The van der Waals surface area contributed by atoms with Gasteiger partial charge in [0, 0.05) is 12.5 Å². The lowest BCUT2D eigenvalue weighted by Gasteiger charge is -2.09. The molecule has 0 aliphatic rings. The molecule has 1 aromatic carbocycles. The number of aryl methyl sites for hydroxylation is 1. The molecule has 19 heavy (non-hydrogen) atoms. The van der Waals surface area contributed by atoms with Crippen molar-refractivity contribution in [2.75, 3.05) is 14.2 Å². The maximum Gasteiger partial charge on any atom is 0.166 e. The molecule has 3 nitrogen and oxygen atoms in total. The number of thiophene rings is 1. The van der Waals surface area contributed by atoms with E-state index in [0.29, 0.717) is 23.5 Å². The number of carbonyl (C=O) groups is 1. The zero-order valence-corrected chi connectivity index (χ0v) is 11.8. The quantitative estimate of drug-likeness (QED) is 0.756. The van der Waals surface area contributed by atoms with Crippen molar-refractivity contribution in [2.24, 2.45) is 0 Å². The summed E-state index contributed by atoms with van der Waals surface area (Å²) in [5, 5.41) is 4.09. The molecule has 0 atom stereocenters. The lowest BCUT2D eigenvalue weighted by atomic mass is 10.0. The summed E-state index contributed by atoms with van der Waals surface area (Å²) in [5.74, 6) is 1.34. The summed E-state index contributed by atoms with van der Waals surface area (Å²) in [7, 11) is 3.15. The molecule has 0 fully saturated rings. The predicted molar refractivity (Wildman–Crippen MR) is 76.5 cm³/mol. The number of carbonyl (C=O) groups excluding carboxylic acids is 1. The minimum Gasteiger partial charge on any atom is -0.497 e. The van der Waals surface area contributed by atoms with Gasteiger partial charge in [0.05, 0.1) is 19.8 Å². The highest BCUT2D eigenvalue weighted by molar-refractivity contribution is 7.07. The molecule has 4 heteroatoms. The molecule has 100 valence electrons. The van der Waals surface area contributed by atoms with Gasteiger partial charge in [-0.15, -0.1) is 0 Å². The number of benzene rings is 1. The lowest BCUT2D eigenvalue weighted by Crippen LogP contribution is -2.04. The number of methoxy groups -OCH3 is 2. The van der Waals surface area contributed by atoms with Crippen molar-refractivity contribution in [3.8, 4) is 11.5 Å². The van der Waals surface area contributed by atoms with E-state index in [9.17, 15) is 4.79 Å². The minimum atomic E-state index is 0.0886. The van der Waals surface area contributed by atoms with E-state index in [1.807, 2.05) is 11.4 Å². The molecule has 1 aromatic heterocycles. The monoisotopic (exact) mass is 276 g/mol. The van der Waals surface area contributed by atoms with E-state index < -0.39 is 0 Å². The Balaban J connectivity index is 2.09. The van der Waals surface area contributed by atoms with E-state index in [1.54, 1.807) is 43.8 Å². The van der Waals surface area contributed by atoms with Crippen molar-refractivity contribution in [3.05, 3.63) is 46.2 Å². The molecule has 2 rings (SSSR count). The van der Waals surface area contributed by atoms with Crippen LogP contribution >= 0.6 is 11.3 Å². The number of ketones is 1. The van der Waals surface area contributed by atoms with Crippen molar-refractivity contribution >= 4 is 17.1 Å². The van der Waals surface area contributed by atoms with Gasteiger partial charge in [0.2, 0.25) is 0 Å². The first-order valence-electron chi connectivity index (χ1n) is 6.01. The number of Topliss-reactive ketones (excluding diaryl/α,β-unsaturated/α-hetero) is 1. The summed E-state index contributed by atoms with van der Waals surface area (Å²) in [5.41, 5.74) is 1.81. The zero-order valence-electron chi connectivity index (χ0n) is 11.0. The summed E-state index contributed by atoms with van der Waals surface area (Å²) < 4.78 is 10.4. The summed E-state index contributed by atoms with van der Waals surface area (Å²) in [6.45, 7) is 0. The Bertz CT molecular complexity index is 547. The van der Waals surface area contributed by atoms with Gasteiger partial charge < -0.3 is 9.47 Å². The Morgan fingerprint density at radius 3 is 2.68 bits per heavy atom. The van der Waals surface area contributed by atoms with Gasteiger partial charge in [-0.3, -0.25) is 4.79 Å². The molecule has 0 bridgehead atoms. The van der Waals surface area contributed by atoms with Crippen LogP contribution in [0, 0.1) is 0 Å². The number of rotatable bonds is 6. The normalized spacial score (nSPS) is 10.2. The Hall–Kier alpha value is -1.81. The minimum absolute atomic E-state index is 0.0886. The van der Waals surface area contributed by atoms with Gasteiger partial charge in [0.1, 0.15) is 11.5 Å². The van der Waals surface area contributed by atoms with Crippen LogP contribution in [0.4, 0.5) is 0 Å². The molecule has 0 N–H and O–H groups in total. The largest absolute Gasteiger partial charge is 0.497 e. The van der Waals surface area contributed by atoms with Crippen LogP contribution in [0.3, 0.4) is 0 Å². The second kappa shape index (κ2) is 6.38. The molecule has 0 saturated heterocycles. The van der Waals surface area contributed by atoms with Gasteiger partial charge in [0.25, 0.3) is 0 Å². The third kappa shape index (κ3) is 3.35. The van der Waals surface area contributed by atoms with Crippen molar-refractivity contribution in [2.45, 2.75) is 12.8 Å². The van der Waals surface area contributed by atoms with E-state index in [0.717, 1.165) is 6.42 Å². The fourth-order valence-electron chi connectivity index (χ4n) is 1.86. The maximum atomic E-state index is 12.2. The summed E-state index contributed by atoms with van der Waals surface area (Å²) in [4.78, 5) is 12.2. The summed E-state index contributed by atoms with van der Waals surface area (Å²) >= 11 is 1.65. The van der Waals surface area contributed by atoms with Crippen LogP contribution in [0.25, 0.3) is 0 Å². The lowest BCUT2D eigenvalue weighted by molar-refractivity contribution is 0.0980. The first-order chi connectivity index (χ1) is 9.24. The molecule has 0 amide bonds. The Kier molecular flexibility index (Phi) is 4.58. The fraction of sp³-hybridized carbons (Fsp3) is 0.267. The Morgan fingerprint density at radius 1 is 1.21 bits per heavy atom. The zero-order chi connectivity index (χ0) is 13.7. The van der Waals surface area contributed by atoms with Crippen LogP contribution in [0.15, 0.2) is 35.0 Å². The maximum absolute atomic E-state index is 12.2. The van der Waals surface area contributed by atoms with Crippen LogP contribution in [0.5, 0.6) is 11.5 Å². The van der Waals surface area contributed by atoms with Gasteiger partial charge in [-0.1, -0.05) is 0 Å². The molecular formula is C15H16O3S. The third-order valence-electron chi connectivity index (χ3n) is 2.93. The van der Waals surface area contributed by atoms with Crippen LogP contribution < -0.4 is 9.47 Å². The topological polar surface area (TPSA) is 35.5 Å². The SMILES string of the molecule is COc1ccc(C(=O)CCc2ccsc2)c(OC)c1. The molecule has 0 radical (unpaired) electrons. The van der Waals surface area contributed by atoms with E-state index >= 15 is 0 Å². The number of ether oxygens (including phenoxy) is 2. The average molecular weight is 276 g/mol. The Labute approximate surface area is 116 Å². The van der Waals surface area contributed by atoms with E-state index in [1.165, 1.54) is 5.56 Å². The molecule has 0 saturated carbocycles. The highest BCUT2D eigenvalue weighted by atomic mass is 32.1. The molecule has 0 aliphatic carbocycles. The molecular weight excluding hydrogens is 260 g/mol. The van der Waals surface area contributed by atoms with Crippen LogP contribution in [-0.4, -0.2) is 20.0 Å². The molecule has 0 aliphatic heterocycles. The highest BCUT2D eigenvalue weighted by Crippen LogP contribution is 2.26. The number of hydrogen-bond donors (Lipinski definition) is 0. The fourth-order valence-corrected chi connectivity index (χ4v) is 2.56. The third-order valence-corrected chi connectivity index (χ3v) is 3.66. The molecule has 1 heterocycles. The first kappa shape index (κ1) is 13.6. The number of hydrogen-bond acceptors (Lipinski definition) is 4. The van der Waals surface area contributed by atoms with Crippen LogP contribution in [-0.2, 0) is 6.42 Å². The van der Waals surface area contributed by atoms with E-state index in [2.05, 4.69) is 5.38 Å². The van der Waals surface area contributed by atoms with E-state index in [-0.39, 0.29) is 5.78 Å². The average Bonchev–Trinajstić information content (AvgIpc) is 2.97. The van der Waals surface area contributed by atoms with Gasteiger partial charge in [-0.25, -0.2) is 0 Å². The Morgan fingerprint density at radius 2 is 2.05 bits per heavy atom. The highest BCUT2D eigenvalue weighted by Gasteiger charge is 2.13. The predicted octanol–water partition coefficient (Wildman–Crippen LogP) is 3.58. The van der Waals surface area contributed by atoms with Gasteiger partial charge in [-0.05, 0) is 40.9 Å². The van der Waals surface area contributed by atoms with Crippen LogP contribution in [0.1, 0.15) is 22.3 Å². The van der Waals surface area contributed by atoms with E-state index in [4.69, 9.17) is 9.47 Å². The van der Waals surface area contributed by atoms with Crippen molar-refractivity contribution < 1.29 is 14.3 Å². The molecule has 0 spiro atoms. The molecule has 2 aromatic rings. The smallest absolute Gasteiger partial charge is 0.166 e. The second-order valence-electron chi connectivity index (χ2n) is 4.12.